The predicted octanol–water partition coefficient (Wildman–Crippen LogP) is 3.98. The van der Waals surface area contributed by atoms with E-state index in [2.05, 4.69) is 37.9 Å². The van der Waals surface area contributed by atoms with E-state index in [0.717, 1.165) is 16.3 Å². The van der Waals surface area contributed by atoms with E-state index in [1.54, 1.807) is 0 Å². The quantitative estimate of drug-likeness (QED) is 0.861. The molecule has 1 rings (SSSR count). The summed E-state index contributed by atoms with van der Waals surface area (Å²) in [5.41, 5.74) is 8.00. The van der Waals surface area contributed by atoms with Crippen LogP contribution in [0.2, 0.25) is 5.02 Å². The minimum atomic E-state index is 0.0277. The van der Waals surface area contributed by atoms with Crippen LogP contribution in [0.4, 0.5) is 5.69 Å². The summed E-state index contributed by atoms with van der Waals surface area (Å²) in [7, 11) is 2.09. The lowest BCUT2D eigenvalue weighted by Gasteiger charge is -2.28. The average molecular weight is 255 g/mol. The fraction of sp³-hybridized carbons (Fsp3) is 0.571. The number of nitrogens with two attached hydrogens (primary N) is 1. The van der Waals surface area contributed by atoms with Gasteiger partial charge in [-0.15, -0.1) is 0 Å². The van der Waals surface area contributed by atoms with Gasteiger partial charge in [0.25, 0.3) is 0 Å². The Morgan fingerprint density at radius 1 is 1.35 bits per heavy atom. The van der Waals surface area contributed by atoms with Crippen LogP contribution in [0.25, 0.3) is 0 Å². The molecule has 2 nitrogen and oxygen atoms in total. The first-order valence-electron chi connectivity index (χ1n) is 6.25. The van der Waals surface area contributed by atoms with E-state index in [1.165, 1.54) is 12.8 Å². The Morgan fingerprint density at radius 2 is 2.00 bits per heavy atom. The highest BCUT2D eigenvalue weighted by Gasteiger charge is 2.13. The molecule has 0 amide bonds. The fourth-order valence-corrected chi connectivity index (χ4v) is 2.26. The monoisotopic (exact) mass is 254 g/mol. The third-order valence-corrected chi connectivity index (χ3v) is 3.55. The number of nitrogens with zero attached hydrogens (tertiary/aromatic N) is 1. The zero-order chi connectivity index (χ0) is 13.0. The van der Waals surface area contributed by atoms with Crippen LogP contribution in [0.3, 0.4) is 0 Å². The first-order chi connectivity index (χ1) is 7.97. The third kappa shape index (κ3) is 3.62. The second kappa shape index (κ2) is 6.27. The van der Waals surface area contributed by atoms with Gasteiger partial charge < -0.3 is 10.6 Å². The van der Waals surface area contributed by atoms with Crippen molar-refractivity contribution in [3.8, 4) is 0 Å². The Balaban J connectivity index is 2.91. The molecule has 0 aliphatic heterocycles. The molecule has 0 aliphatic carbocycles. The van der Waals surface area contributed by atoms with Crippen molar-refractivity contribution in [2.24, 2.45) is 5.73 Å². The largest absolute Gasteiger partial charge is 0.371 e. The highest BCUT2D eigenvalue weighted by Crippen LogP contribution is 2.29. The van der Waals surface area contributed by atoms with Crippen LogP contribution in [-0.2, 0) is 0 Å². The molecule has 2 atom stereocenters. The molecular formula is C14H23ClN2. The molecule has 0 aliphatic rings. The van der Waals surface area contributed by atoms with Crippen LogP contribution in [0, 0.1) is 0 Å². The Morgan fingerprint density at radius 3 is 2.47 bits per heavy atom. The molecule has 96 valence electrons. The summed E-state index contributed by atoms with van der Waals surface area (Å²) in [6.45, 7) is 6.39. The topological polar surface area (TPSA) is 29.3 Å². The Bertz CT molecular complexity index is 363. The third-order valence-electron chi connectivity index (χ3n) is 3.25. The van der Waals surface area contributed by atoms with Gasteiger partial charge in [0.15, 0.2) is 0 Å². The first-order valence-corrected chi connectivity index (χ1v) is 6.63. The van der Waals surface area contributed by atoms with Crippen molar-refractivity contribution in [3.63, 3.8) is 0 Å². The summed E-state index contributed by atoms with van der Waals surface area (Å²) in [5, 5.41) is 0.783. The van der Waals surface area contributed by atoms with Gasteiger partial charge in [0.2, 0.25) is 0 Å². The van der Waals surface area contributed by atoms with E-state index >= 15 is 0 Å². The number of benzene rings is 1. The number of hydrogen-bond acceptors (Lipinski definition) is 2. The van der Waals surface area contributed by atoms with Crippen molar-refractivity contribution in [3.05, 3.63) is 28.8 Å². The van der Waals surface area contributed by atoms with Gasteiger partial charge in [0.1, 0.15) is 0 Å². The molecule has 0 heterocycles. The Hall–Kier alpha value is -0.730. The molecule has 0 radical (unpaired) electrons. The van der Waals surface area contributed by atoms with Crippen LogP contribution >= 0.6 is 11.6 Å². The van der Waals surface area contributed by atoms with E-state index in [-0.39, 0.29) is 6.04 Å². The summed E-state index contributed by atoms with van der Waals surface area (Å²) in [5.74, 6) is 0. The molecule has 1 aromatic carbocycles. The van der Waals surface area contributed by atoms with Gasteiger partial charge in [0, 0.05) is 19.1 Å². The standard InChI is InChI=1S/C14H23ClN2/c1-5-6-10(2)17(4)14-8-7-12(11(3)16)9-13(14)15/h7-11H,5-6,16H2,1-4H3/t10?,11-/m0/s1. The smallest absolute Gasteiger partial charge is 0.0642 e. The molecule has 0 saturated heterocycles. The molecule has 0 bridgehead atoms. The van der Waals surface area contributed by atoms with Gasteiger partial charge in [-0.1, -0.05) is 31.0 Å². The molecule has 17 heavy (non-hydrogen) atoms. The molecule has 1 unspecified atom stereocenters. The van der Waals surface area contributed by atoms with E-state index in [1.807, 2.05) is 13.0 Å². The summed E-state index contributed by atoms with van der Waals surface area (Å²) in [4.78, 5) is 2.23. The van der Waals surface area contributed by atoms with E-state index in [9.17, 15) is 0 Å². The summed E-state index contributed by atoms with van der Waals surface area (Å²) in [6, 6.07) is 6.61. The zero-order valence-electron chi connectivity index (χ0n) is 11.2. The van der Waals surface area contributed by atoms with Gasteiger partial charge in [-0.2, -0.15) is 0 Å². The molecule has 0 aromatic heterocycles. The number of halogens is 1. The highest BCUT2D eigenvalue weighted by atomic mass is 35.5. The molecule has 3 heteroatoms. The minimum Gasteiger partial charge on any atom is -0.371 e. The minimum absolute atomic E-state index is 0.0277. The number of hydrogen-bond donors (Lipinski definition) is 1. The maximum atomic E-state index is 6.32. The van der Waals surface area contributed by atoms with E-state index < -0.39 is 0 Å². The molecule has 1 aromatic rings. The van der Waals surface area contributed by atoms with Crippen LogP contribution in [0.5, 0.6) is 0 Å². The lowest BCUT2D eigenvalue weighted by Crippen LogP contribution is -2.28. The SMILES string of the molecule is CCCC(C)N(C)c1ccc([C@H](C)N)cc1Cl. The van der Waals surface area contributed by atoms with Crippen molar-refractivity contribution in [1.82, 2.24) is 0 Å². The highest BCUT2D eigenvalue weighted by molar-refractivity contribution is 6.33. The van der Waals surface area contributed by atoms with Gasteiger partial charge in [-0.05, 0) is 38.0 Å². The molecule has 0 fully saturated rings. The fourth-order valence-electron chi connectivity index (χ4n) is 1.94. The van der Waals surface area contributed by atoms with Crippen molar-refractivity contribution in [2.75, 3.05) is 11.9 Å². The number of anilines is 1. The Labute approximate surface area is 110 Å². The van der Waals surface area contributed by atoms with Crippen LogP contribution in [-0.4, -0.2) is 13.1 Å². The van der Waals surface area contributed by atoms with Gasteiger partial charge in [-0.25, -0.2) is 0 Å². The Kier molecular flexibility index (Phi) is 5.29. The van der Waals surface area contributed by atoms with Gasteiger partial charge >= 0.3 is 0 Å². The normalized spacial score (nSPS) is 14.5. The lowest BCUT2D eigenvalue weighted by molar-refractivity contribution is 0.616. The molecular weight excluding hydrogens is 232 g/mol. The molecule has 0 spiro atoms. The van der Waals surface area contributed by atoms with Crippen LogP contribution < -0.4 is 10.6 Å². The predicted molar refractivity (Wildman–Crippen MR) is 76.8 cm³/mol. The van der Waals surface area contributed by atoms with Crippen molar-refractivity contribution in [2.45, 2.75) is 45.7 Å². The van der Waals surface area contributed by atoms with Crippen molar-refractivity contribution in [1.29, 1.82) is 0 Å². The van der Waals surface area contributed by atoms with Gasteiger partial charge in [-0.3, -0.25) is 0 Å². The second-order valence-corrected chi connectivity index (χ2v) is 5.16. The maximum Gasteiger partial charge on any atom is 0.0642 e. The van der Waals surface area contributed by atoms with Crippen molar-refractivity contribution < 1.29 is 0 Å². The zero-order valence-corrected chi connectivity index (χ0v) is 12.0. The summed E-state index contributed by atoms with van der Waals surface area (Å²) < 4.78 is 0. The second-order valence-electron chi connectivity index (χ2n) is 4.75. The molecule has 2 N–H and O–H groups in total. The van der Waals surface area contributed by atoms with Gasteiger partial charge in [0.05, 0.1) is 10.7 Å². The molecule has 0 saturated carbocycles. The first kappa shape index (κ1) is 14.3. The van der Waals surface area contributed by atoms with Crippen LogP contribution in [0.1, 0.15) is 45.2 Å². The number of rotatable bonds is 5. The lowest BCUT2D eigenvalue weighted by atomic mass is 10.1. The van der Waals surface area contributed by atoms with E-state index in [0.29, 0.717) is 6.04 Å². The van der Waals surface area contributed by atoms with Crippen LogP contribution in [0.15, 0.2) is 18.2 Å². The summed E-state index contributed by atoms with van der Waals surface area (Å²) in [6.07, 6.45) is 2.35. The van der Waals surface area contributed by atoms with Crippen molar-refractivity contribution >= 4 is 17.3 Å². The van der Waals surface area contributed by atoms with E-state index in [4.69, 9.17) is 17.3 Å². The maximum absolute atomic E-state index is 6.32. The summed E-state index contributed by atoms with van der Waals surface area (Å²) >= 11 is 6.32. The average Bonchev–Trinajstić information content (AvgIpc) is 2.28.